The summed E-state index contributed by atoms with van der Waals surface area (Å²) < 4.78 is 5.64. The van der Waals surface area contributed by atoms with Gasteiger partial charge in [0.1, 0.15) is 5.75 Å². The van der Waals surface area contributed by atoms with Crippen LogP contribution in [0.25, 0.3) is 0 Å². The lowest BCUT2D eigenvalue weighted by Crippen LogP contribution is -2.25. The minimum Gasteiger partial charge on any atom is -0.493 e. The Morgan fingerprint density at radius 1 is 1.28 bits per heavy atom. The molecule has 2 rings (SSSR count). The fourth-order valence-corrected chi connectivity index (χ4v) is 2.75. The zero-order valence-electron chi connectivity index (χ0n) is 11.3. The molecule has 2 nitrogen and oxygen atoms in total. The zero-order valence-corrected chi connectivity index (χ0v) is 11.3. The second kappa shape index (κ2) is 6.79. The van der Waals surface area contributed by atoms with Crippen molar-refractivity contribution in [2.24, 2.45) is 0 Å². The van der Waals surface area contributed by atoms with Crippen LogP contribution in [0.2, 0.25) is 0 Å². The standard InChI is InChI=1S/C16H24O2/c1-2-3-4-5-9-15(17)13-11-12-18-16-10-7-6-8-14(13)16/h6-8,10,13,15,17H,2-5,9,11-12H2,1H3. The summed E-state index contributed by atoms with van der Waals surface area (Å²) in [6.07, 6.45) is 6.53. The van der Waals surface area contributed by atoms with Gasteiger partial charge in [-0.2, -0.15) is 0 Å². The predicted molar refractivity (Wildman–Crippen MR) is 74.1 cm³/mol. The van der Waals surface area contributed by atoms with Crippen molar-refractivity contribution in [3.05, 3.63) is 29.8 Å². The van der Waals surface area contributed by atoms with Crippen LogP contribution in [-0.2, 0) is 0 Å². The Morgan fingerprint density at radius 3 is 2.94 bits per heavy atom. The third kappa shape index (κ3) is 3.26. The Hall–Kier alpha value is -1.02. The van der Waals surface area contributed by atoms with Gasteiger partial charge in [0.2, 0.25) is 0 Å². The van der Waals surface area contributed by atoms with E-state index in [4.69, 9.17) is 4.74 Å². The number of hydrogen-bond donors (Lipinski definition) is 1. The summed E-state index contributed by atoms with van der Waals surface area (Å²) in [5.41, 5.74) is 1.19. The molecule has 1 aliphatic heterocycles. The molecule has 2 unspecified atom stereocenters. The fourth-order valence-electron chi connectivity index (χ4n) is 2.75. The van der Waals surface area contributed by atoms with Crippen LogP contribution in [0.3, 0.4) is 0 Å². The van der Waals surface area contributed by atoms with Gasteiger partial charge < -0.3 is 9.84 Å². The highest BCUT2D eigenvalue weighted by atomic mass is 16.5. The van der Waals surface area contributed by atoms with Crippen molar-refractivity contribution >= 4 is 0 Å². The van der Waals surface area contributed by atoms with Crippen molar-refractivity contribution in [2.45, 2.75) is 57.5 Å². The first-order chi connectivity index (χ1) is 8.83. The predicted octanol–water partition coefficient (Wildman–Crippen LogP) is 3.88. The molecule has 0 radical (unpaired) electrons. The molecule has 18 heavy (non-hydrogen) atoms. The lowest BCUT2D eigenvalue weighted by atomic mass is 9.86. The fraction of sp³-hybridized carbons (Fsp3) is 0.625. The van der Waals surface area contributed by atoms with E-state index in [1.165, 1.54) is 24.8 Å². The van der Waals surface area contributed by atoms with Crippen LogP contribution in [0.15, 0.2) is 24.3 Å². The number of fused-ring (bicyclic) bond motifs is 1. The number of aliphatic hydroxyl groups is 1. The van der Waals surface area contributed by atoms with E-state index in [-0.39, 0.29) is 12.0 Å². The number of benzene rings is 1. The number of para-hydroxylation sites is 1. The zero-order chi connectivity index (χ0) is 12.8. The molecule has 0 spiro atoms. The van der Waals surface area contributed by atoms with Gasteiger partial charge in [0.25, 0.3) is 0 Å². The molecule has 0 saturated heterocycles. The van der Waals surface area contributed by atoms with Gasteiger partial charge in [-0.1, -0.05) is 50.8 Å². The van der Waals surface area contributed by atoms with Gasteiger partial charge in [-0.3, -0.25) is 0 Å². The molecule has 0 aromatic heterocycles. The monoisotopic (exact) mass is 248 g/mol. The van der Waals surface area contributed by atoms with E-state index in [0.29, 0.717) is 0 Å². The lowest BCUT2D eigenvalue weighted by molar-refractivity contribution is 0.106. The average Bonchev–Trinajstić information content (AvgIpc) is 2.43. The van der Waals surface area contributed by atoms with Crippen LogP contribution in [-0.4, -0.2) is 17.8 Å². The molecular weight excluding hydrogens is 224 g/mol. The summed E-state index contributed by atoms with van der Waals surface area (Å²) in [6.45, 7) is 2.94. The number of unbranched alkanes of at least 4 members (excludes halogenated alkanes) is 3. The van der Waals surface area contributed by atoms with E-state index in [0.717, 1.165) is 31.6 Å². The summed E-state index contributed by atoms with van der Waals surface area (Å²) >= 11 is 0. The highest BCUT2D eigenvalue weighted by molar-refractivity contribution is 5.38. The van der Waals surface area contributed by atoms with Gasteiger partial charge in [0.15, 0.2) is 0 Å². The Kier molecular flexibility index (Phi) is 5.06. The smallest absolute Gasteiger partial charge is 0.122 e. The molecule has 100 valence electrons. The summed E-state index contributed by atoms with van der Waals surface area (Å²) in [7, 11) is 0. The van der Waals surface area contributed by atoms with Gasteiger partial charge >= 0.3 is 0 Å². The molecule has 1 N–H and O–H groups in total. The average molecular weight is 248 g/mol. The molecule has 1 aliphatic rings. The Labute approximate surface area is 110 Å². The first kappa shape index (κ1) is 13.4. The summed E-state index contributed by atoms with van der Waals surface area (Å²) in [5.74, 6) is 1.22. The summed E-state index contributed by atoms with van der Waals surface area (Å²) in [4.78, 5) is 0. The minimum absolute atomic E-state index is 0.216. The molecular formula is C16H24O2. The van der Waals surface area contributed by atoms with Crippen LogP contribution in [0, 0.1) is 0 Å². The number of ether oxygens (including phenoxy) is 1. The highest BCUT2D eigenvalue weighted by Crippen LogP contribution is 2.36. The van der Waals surface area contributed by atoms with Crippen molar-refractivity contribution < 1.29 is 9.84 Å². The normalized spacial score (nSPS) is 20.0. The van der Waals surface area contributed by atoms with E-state index >= 15 is 0 Å². The molecule has 2 heteroatoms. The van der Waals surface area contributed by atoms with Crippen LogP contribution in [0.4, 0.5) is 0 Å². The first-order valence-electron chi connectivity index (χ1n) is 7.22. The third-order valence-electron chi connectivity index (χ3n) is 3.82. The molecule has 1 aromatic rings. The maximum Gasteiger partial charge on any atom is 0.122 e. The number of rotatable bonds is 6. The molecule has 1 aromatic carbocycles. The van der Waals surface area contributed by atoms with Crippen molar-refractivity contribution in [1.82, 2.24) is 0 Å². The Bertz CT molecular complexity index is 362. The van der Waals surface area contributed by atoms with Crippen LogP contribution < -0.4 is 4.74 Å². The maximum atomic E-state index is 10.4. The lowest BCUT2D eigenvalue weighted by Gasteiger charge is -2.29. The molecule has 2 atom stereocenters. The van der Waals surface area contributed by atoms with Crippen molar-refractivity contribution in [2.75, 3.05) is 6.61 Å². The second-order valence-corrected chi connectivity index (χ2v) is 5.20. The van der Waals surface area contributed by atoms with E-state index in [2.05, 4.69) is 13.0 Å². The van der Waals surface area contributed by atoms with E-state index in [1.54, 1.807) is 0 Å². The molecule has 0 fully saturated rings. The van der Waals surface area contributed by atoms with Gasteiger partial charge in [-0.25, -0.2) is 0 Å². The molecule has 0 aliphatic carbocycles. The highest BCUT2D eigenvalue weighted by Gasteiger charge is 2.26. The molecule has 0 bridgehead atoms. The van der Waals surface area contributed by atoms with Gasteiger partial charge in [0, 0.05) is 5.92 Å². The second-order valence-electron chi connectivity index (χ2n) is 5.20. The van der Waals surface area contributed by atoms with Crippen molar-refractivity contribution in [1.29, 1.82) is 0 Å². The summed E-state index contributed by atoms with van der Waals surface area (Å²) in [6, 6.07) is 8.12. The van der Waals surface area contributed by atoms with E-state index < -0.39 is 0 Å². The largest absolute Gasteiger partial charge is 0.493 e. The van der Waals surface area contributed by atoms with Crippen molar-refractivity contribution in [3.63, 3.8) is 0 Å². The van der Waals surface area contributed by atoms with Crippen LogP contribution in [0.5, 0.6) is 5.75 Å². The molecule has 0 saturated carbocycles. The minimum atomic E-state index is -0.216. The quantitative estimate of drug-likeness (QED) is 0.774. The Morgan fingerprint density at radius 2 is 2.11 bits per heavy atom. The Balaban J connectivity index is 1.93. The number of hydrogen-bond acceptors (Lipinski definition) is 2. The van der Waals surface area contributed by atoms with E-state index in [9.17, 15) is 5.11 Å². The van der Waals surface area contributed by atoms with Crippen LogP contribution >= 0.6 is 0 Å². The molecule has 0 amide bonds. The number of aliphatic hydroxyl groups excluding tert-OH is 1. The third-order valence-corrected chi connectivity index (χ3v) is 3.82. The van der Waals surface area contributed by atoms with Gasteiger partial charge in [0.05, 0.1) is 12.7 Å². The van der Waals surface area contributed by atoms with Crippen molar-refractivity contribution in [3.8, 4) is 5.75 Å². The van der Waals surface area contributed by atoms with Gasteiger partial charge in [-0.15, -0.1) is 0 Å². The van der Waals surface area contributed by atoms with Crippen LogP contribution in [0.1, 0.15) is 56.9 Å². The first-order valence-corrected chi connectivity index (χ1v) is 7.22. The topological polar surface area (TPSA) is 29.5 Å². The summed E-state index contributed by atoms with van der Waals surface area (Å²) in [5, 5.41) is 10.4. The van der Waals surface area contributed by atoms with Gasteiger partial charge in [-0.05, 0) is 24.5 Å². The maximum absolute atomic E-state index is 10.4. The van der Waals surface area contributed by atoms with E-state index in [1.807, 2.05) is 18.2 Å². The molecule has 1 heterocycles. The SMILES string of the molecule is CCCCCCC(O)C1CCOc2ccccc21.